The number of nitrogens with one attached hydrogen (secondary N) is 1. The zero-order chi connectivity index (χ0) is 13.0. The molecule has 1 unspecified atom stereocenters. The monoisotopic (exact) mass is 251 g/mol. The minimum atomic E-state index is -1.04. The van der Waals surface area contributed by atoms with Crippen LogP contribution in [0.3, 0.4) is 0 Å². The van der Waals surface area contributed by atoms with Crippen LogP contribution in [0, 0.1) is 5.92 Å². The number of nitrogens with two attached hydrogens (primary N) is 1. The number of nitrogen functional groups attached to an aromatic ring is 1. The number of carbonyl (C=O) groups is 1. The number of aromatic carboxylic acids is 1. The van der Waals surface area contributed by atoms with Gasteiger partial charge in [-0.15, -0.1) is 0 Å². The fourth-order valence-corrected chi connectivity index (χ4v) is 2.01. The average molecular weight is 251 g/mol. The summed E-state index contributed by atoms with van der Waals surface area (Å²) in [4.78, 5) is 15.0. The highest BCUT2D eigenvalue weighted by molar-refractivity contribution is 5.96. The fourth-order valence-electron chi connectivity index (χ4n) is 2.01. The van der Waals surface area contributed by atoms with E-state index in [4.69, 9.17) is 15.6 Å². The Morgan fingerprint density at radius 3 is 3.17 bits per heavy atom. The summed E-state index contributed by atoms with van der Waals surface area (Å²) in [6, 6.07) is 1.40. The smallest absolute Gasteiger partial charge is 0.337 e. The number of aromatic nitrogens is 1. The van der Waals surface area contributed by atoms with Gasteiger partial charge in [0.25, 0.3) is 0 Å². The first kappa shape index (κ1) is 12.6. The summed E-state index contributed by atoms with van der Waals surface area (Å²) in [5.41, 5.74) is 6.02. The number of carboxylic acid groups (broad SMARTS) is 1. The van der Waals surface area contributed by atoms with Gasteiger partial charge in [0, 0.05) is 19.3 Å². The minimum Gasteiger partial charge on any atom is -0.478 e. The molecule has 0 spiro atoms. The highest BCUT2D eigenvalue weighted by atomic mass is 16.5. The Morgan fingerprint density at radius 2 is 2.50 bits per heavy atom. The first-order valence-electron chi connectivity index (χ1n) is 5.98. The van der Waals surface area contributed by atoms with Gasteiger partial charge in [0.1, 0.15) is 5.82 Å². The number of nitrogens with zero attached hydrogens (tertiary/aromatic N) is 1. The van der Waals surface area contributed by atoms with Gasteiger partial charge in [-0.05, 0) is 24.8 Å². The maximum absolute atomic E-state index is 10.9. The predicted octanol–water partition coefficient (Wildman–Crippen LogP) is 1.20. The molecular weight excluding hydrogens is 234 g/mol. The maximum atomic E-state index is 10.9. The lowest BCUT2D eigenvalue weighted by atomic mass is 10.0. The third-order valence-corrected chi connectivity index (χ3v) is 3.03. The molecule has 1 aromatic rings. The highest BCUT2D eigenvalue weighted by Crippen LogP contribution is 2.21. The van der Waals surface area contributed by atoms with Crippen molar-refractivity contribution >= 4 is 17.5 Å². The number of rotatable bonds is 4. The van der Waals surface area contributed by atoms with Crippen LogP contribution >= 0.6 is 0 Å². The van der Waals surface area contributed by atoms with Crippen molar-refractivity contribution in [1.29, 1.82) is 0 Å². The largest absolute Gasteiger partial charge is 0.478 e. The van der Waals surface area contributed by atoms with E-state index in [9.17, 15) is 4.79 Å². The van der Waals surface area contributed by atoms with E-state index in [1.165, 1.54) is 12.3 Å². The van der Waals surface area contributed by atoms with Crippen LogP contribution in [0.25, 0.3) is 0 Å². The normalized spacial score (nSPS) is 19.4. The van der Waals surface area contributed by atoms with Crippen molar-refractivity contribution < 1.29 is 14.6 Å². The Balaban J connectivity index is 2.00. The van der Waals surface area contributed by atoms with Crippen molar-refractivity contribution in [2.24, 2.45) is 5.92 Å². The van der Waals surface area contributed by atoms with Crippen LogP contribution in [0.15, 0.2) is 12.3 Å². The summed E-state index contributed by atoms with van der Waals surface area (Å²) in [5.74, 6) is -0.187. The Labute approximate surface area is 105 Å². The topological polar surface area (TPSA) is 97.5 Å². The molecule has 1 saturated heterocycles. The van der Waals surface area contributed by atoms with Gasteiger partial charge in [0.15, 0.2) is 0 Å². The lowest BCUT2D eigenvalue weighted by molar-refractivity contribution is 0.0594. The van der Waals surface area contributed by atoms with Crippen LogP contribution in [0.2, 0.25) is 0 Å². The van der Waals surface area contributed by atoms with Crippen LogP contribution in [-0.2, 0) is 4.74 Å². The molecule has 0 aliphatic carbocycles. The van der Waals surface area contributed by atoms with E-state index in [0.29, 0.717) is 18.3 Å². The van der Waals surface area contributed by atoms with E-state index in [-0.39, 0.29) is 11.3 Å². The zero-order valence-corrected chi connectivity index (χ0v) is 10.1. The quantitative estimate of drug-likeness (QED) is 0.744. The third-order valence-electron chi connectivity index (χ3n) is 3.03. The molecule has 2 heterocycles. The first-order chi connectivity index (χ1) is 8.68. The second kappa shape index (κ2) is 5.68. The molecule has 0 saturated carbocycles. The Hall–Kier alpha value is -1.82. The van der Waals surface area contributed by atoms with Crippen molar-refractivity contribution in [3.63, 3.8) is 0 Å². The molecule has 0 bridgehead atoms. The Morgan fingerprint density at radius 1 is 1.67 bits per heavy atom. The van der Waals surface area contributed by atoms with E-state index in [1.54, 1.807) is 0 Å². The molecule has 6 nitrogen and oxygen atoms in total. The van der Waals surface area contributed by atoms with Crippen LogP contribution in [0.4, 0.5) is 11.5 Å². The van der Waals surface area contributed by atoms with Gasteiger partial charge in [-0.25, -0.2) is 9.78 Å². The molecule has 0 radical (unpaired) electrons. The van der Waals surface area contributed by atoms with Gasteiger partial charge in [0.05, 0.1) is 17.9 Å². The molecule has 1 aliphatic rings. The van der Waals surface area contributed by atoms with Crippen molar-refractivity contribution in [2.45, 2.75) is 12.8 Å². The molecule has 2 rings (SSSR count). The molecule has 1 aromatic heterocycles. The van der Waals surface area contributed by atoms with Gasteiger partial charge in [-0.1, -0.05) is 0 Å². The first-order valence-corrected chi connectivity index (χ1v) is 5.98. The summed E-state index contributed by atoms with van der Waals surface area (Å²) < 4.78 is 5.38. The van der Waals surface area contributed by atoms with Crippen molar-refractivity contribution in [3.8, 4) is 0 Å². The zero-order valence-electron chi connectivity index (χ0n) is 10.1. The molecular formula is C12H17N3O3. The molecule has 98 valence electrons. The van der Waals surface area contributed by atoms with E-state index in [1.807, 2.05) is 0 Å². The van der Waals surface area contributed by atoms with Crippen LogP contribution < -0.4 is 11.1 Å². The third kappa shape index (κ3) is 2.89. The molecule has 4 N–H and O–H groups in total. The molecule has 18 heavy (non-hydrogen) atoms. The average Bonchev–Trinajstić information content (AvgIpc) is 2.38. The lowest BCUT2D eigenvalue weighted by Gasteiger charge is -2.22. The van der Waals surface area contributed by atoms with Gasteiger partial charge >= 0.3 is 5.97 Å². The number of carboxylic acids is 1. The molecule has 1 aliphatic heterocycles. The second-order valence-corrected chi connectivity index (χ2v) is 4.39. The standard InChI is InChI=1S/C12H17N3O3/c13-10-9(12(16)17)3-4-14-11(10)15-6-8-2-1-5-18-7-8/h3-4,8H,1-2,5-7,13H2,(H,14,15)(H,16,17). The van der Waals surface area contributed by atoms with E-state index >= 15 is 0 Å². The molecule has 0 amide bonds. The van der Waals surface area contributed by atoms with E-state index < -0.39 is 5.97 Å². The summed E-state index contributed by atoms with van der Waals surface area (Å²) >= 11 is 0. The second-order valence-electron chi connectivity index (χ2n) is 4.39. The van der Waals surface area contributed by atoms with Gasteiger partial charge in [-0.2, -0.15) is 0 Å². The highest BCUT2D eigenvalue weighted by Gasteiger charge is 2.16. The number of anilines is 2. The molecule has 6 heteroatoms. The predicted molar refractivity (Wildman–Crippen MR) is 67.6 cm³/mol. The van der Waals surface area contributed by atoms with Crippen molar-refractivity contribution in [3.05, 3.63) is 17.8 Å². The van der Waals surface area contributed by atoms with Crippen LogP contribution in [0.1, 0.15) is 23.2 Å². The summed E-state index contributed by atoms with van der Waals surface area (Å²) in [6.07, 6.45) is 3.61. The van der Waals surface area contributed by atoms with Gasteiger partial charge in [0.2, 0.25) is 0 Å². The van der Waals surface area contributed by atoms with Crippen molar-refractivity contribution in [2.75, 3.05) is 30.8 Å². The molecule has 1 fully saturated rings. The number of ether oxygens (including phenoxy) is 1. The number of hydrogen-bond donors (Lipinski definition) is 3. The SMILES string of the molecule is Nc1c(C(=O)O)ccnc1NCC1CCCOC1. The number of hydrogen-bond acceptors (Lipinski definition) is 5. The lowest BCUT2D eigenvalue weighted by Crippen LogP contribution is -2.25. The summed E-state index contributed by atoms with van der Waals surface area (Å²) in [7, 11) is 0. The van der Waals surface area contributed by atoms with Gasteiger partial charge in [-0.3, -0.25) is 0 Å². The van der Waals surface area contributed by atoms with Crippen LogP contribution in [0.5, 0.6) is 0 Å². The summed E-state index contributed by atoms with van der Waals surface area (Å²) in [6.45, 7) is 2.25. The Kier molecular flexibility index (Phi) is 3.99. The fraction of sp³-hybridized carbons (Fsp3) is 0.500. The minimum absolute atomic E-state index is 0.0763. The van der Waals surface area contributed by atoms with Crippen LogP contribution in [-0.4, -0.2) is 35.8 Å². The molecule has 1 atom stereocenters. The maximum Gasteiger partial charge on any atom is 0.337 e. The number of pyridine rings is 1. The summed E-state index contributed by atoms with van der Waals surface area (Å²) in [5, 5.41) is 12.0. The van der Waals surface area contributed by atoms with Crippen molar-refractivity contribution in [1.82, 2.24) is 4.98 Å². The van der Waals surface area contributed by atoms with E-state index in [0.717, 1.165) is 26.1 Å². The van der Waals surface area contributed by atoms with E-state index in [2.05, 4.69) is 10.3 Å². The molecule has 0 aromatic carbocycles. The van der Waals surface area contributed by atoms with Gasteiger partial charge < -0.3 is 20.9 Å². The Bertz CT molecular complexity index is 431.